The van der Waals surface area contributed by atoms with Crippen LogP contribution in [0.5, 0.6) is 0 Å². The first kappa shape index (κ1) is 13.3. The van der Waals surface area contributed by atoms with Crippen LogP contribution in [0.4, 0.5) is 0 Å². The normalized spacial score (nSPS) is 24.0. The van der Waals surface area contributed by atoms with Crippen LogP contribution in [0.2, 0.25) is 0 Å². The lowest BCUT2D eigenvalue weighted by molar-refractivity contribution is 0.176. The highest BCUT2D eigenvalue weighted by Crippen LogP contribution is 2.23. The summed E-state index contributed by atoms with van der Waals surface area (Å²) in [5.41, 5.74) is 0. The van der Waals surface area contributed by atoms with E-state index in [4.69, 9.17) is 0 Å². The number of nitrogens with zero attached hydrogens (tertiary/aromatic N) is 1. The molecular formula is C12H26N2S. The summed E-state index contributed by atoms with van der Waals surface area (Å²) in [6.45, 7) is 7.87. The largest absolute Gasteiger partial charge is 0.313 e. The molecular weight excluding hydrogens is 204 g/mol. The second kappa shape index (κ2) is 6.77. The fourth-order valence-corrected chi connectivity index (χ4v) is 3.37. The topological polar surface area (TPSA) is 15.3 Å². The summed E-state index contributed by atoms with van der Waals surface area (Å²) in [6.07, 6.45) is 2.62. The van der Waals surface area contributed by atoms with Crippen LogP contribution in [0, 0.1) is 0 Å². The number of rotatable bonds is 6. The third kappa shape index (κ3) is 4.33. The van der Waals surface area contributed by atoms with Crippen LogP contribution in [0.3, 0.4) is 0 Å². The lowest BCUT2D eigenvalue weighted by Crippen LogP contribution is -2.46. The first-order valence-electron chi connectivity index (χ1n) is 6.18. The summed E-state index contributed by atoms with van der Waals surface area (Å²) < 4.78 is 0. The molecule has 1 aliphatic heterocycles. The highest BCUT2D eigenvalue weighted by Gasteiger charge is 2.24. The molecule has 15 heavy (non-hydrogen) atoms. The van der Waals surface area contributed by atoms with E-state index in [0.29, 0.717) is 12.1 Å². The zero-order valence-corrected chi connectivity index (χ0v) is 11.4. The third-order valence-electron chi connectivity index (χ3n) is 3.29. The van der Waals surface area contributed by atoms with Crippen molar-refractivity contribution in [1.29, 1.82) is 0 Å². The van der Waals surface area contributed by atoms with Gasteiger partial charge in [-0.3, -0.25) is 4.90 Å². The van der Waals surface area contributed by atoms with Gasteiger partial charge in [0.15, 0.2) is 0 Å². The molecule has 1 aliphatic rings. The van der Waals surface area contributed by atoms with E-state index in [2.05, 4.69) is 49.8 Å². The summed E-state index contributed by atoms with van der Waals surface area (Å²) in [5, 5.41) is 3.55. The molecule has 2 unspecified atom stereocenters. The molecule has 3 heteroatoms. The van der Waals surface area contributed by atoms with Crippen molar-refractivity contribution in [3.05, 3.63) is 0 Å². The van der Waals surface area contributed by atoms with Crippen LogP contribution in [0.25, 0.3) is 0 Å². The maximum Gasteiger partial charge on any atom is 0.0218 e. The molecule has 90 valence electrons. The van der Waals surface area contributed by atoms with Crippen molar-refractivity contribution >= 4 is 11.8 Å². The zero-order chi connectivity index (χ0) is 11.3. The summed E-state index contributed by atoms with van der Waals surface area (Å²) in [6, 6.07) is 2.12. The molecule has 1 fully saturated rings. The van der Waals surface area contributed by atoms with Crippen molar-refractivity contribution in [2.24, 2.45) is 0 Å². The molecule has 1 rings (SSSR count). The van der Waals surface area contributed by atoms with Gasteiger partial charge in [-0.1, -0.05) is 20.8 Å². The number of thioether (sulfide) groups is 1. The van der Waals surface area contributed by atoms with Gasteiger partial charge in [0.25, 0.3) is 0 Å². The number of likely N-dealkylation sites (N-methyl/N-ethyl adjacent to an activating group) is 1. The van der Waals surface area contributed by atoms with Gasteiger partial charge in [0.1, 0.15) is 0 Å². The third-order valence-corrected chi connectivity index (χ3v) is 4.44. The Morgan fingerprint density at radius 2 is 2.20 bits per heavy atom. The van der Waals surface area contributed by atoms with Gasteiger partial charge in [0.2, 0.25) is 0 Å². The van der Waals surface area contributed by atoms with Gasteiger partial charge in [-0.15, -0.1) is 0 Å². The van der Waals surface area contributed by atoms with Crippen molar-refractivity contribution < 1.29 is 0 Å². The predicted molar refractivity (Wildman–Crippen MR) is 70.7 cm³/mol. The Morgan fingerprint density at radius 3 is 2.67 bits per heavy atom. The quantitative estimate of drug-likeness (QED) is 0.753. The van der Waals surface area contributed by atoms with Crippen molar-refractivity contribution in [2.75, 3.05) is 25.1 Å². The molecule has 1 saturated heterocycles. The Kier molecular flexibility index (Phi) is 6.02. The molecule has 0 aliphatic carbocycles. The van der Waals surface area contributed by atoms with E-state index in [-0.39, 0.29) is 0 Å². The number of hydrogen-bond donors (Lipinski definition) is 1. The molecule has 1 N–H and O–H groups in total. The van der Waals surface area contributed by atoms with Crippen LogP contribution in [0.1, 0.15) is 33.6 Å². The summed E-state index contributed by atoms with van der Waals surface area (Å²) >= 11 is 2.10. The van der Waals surface area contributed by atoms with Gasteiger partial charge >= 0.3 is 0 Å². The fourth-order valence-electron chi connectivity index (χ4n) is 2.09. The molecule has 0 spiro atoms. The minimum atomic E-state index is 0.602. The van der Waals surface area contributed by atoms with Crippen LogP contribution in [0.15, 0.2) is 0 Å². The van der Waals surface area contributed by atoms with Crippen LogP contribution >= 0.6 is 11.8 Å². The molecule has 0 aromatic heterocycles. The van der Waals surface area contributed by atoms with Crippen LogP contribution in [-0.4, -0.2) is 48.1 Å². The summed E-state index contributed by atoms with van der Waals surface area (Å²) in [7, 11) is 2.30. The van der Waals surface area contributed by atoms with Gasteiger partial charge in [-0.05, 0) is 25.6 Å². The van der Waals surface area contributed by atoms with E-state index in [1.165, 1.54) is 24.3 Å². The Hall–Kier alpha value is 0.270. The van der Waals surface area contributed by atoms with Gasteiger partial charge in [-0.2, -0.15) is 11.8 Å². The predicted octanol–water partition coefficient (Wildman–Crippen LogP) is 2.20. The first-order valence-corrected chi connectivity index (χ1v) is 7.33. The average molecular weight is 230 g/mol. The average Bonchev–Trinajstić information content (AvgIpc) is 2.70. The fraction of sp³-hybridized carbons (Fsp3) is 1.00. The second-order valence-electron chi connectivity index (χ2n) is 4.81. The van der Waals surface area contributed by atoms with Gasteiger partial charge < -0.3 is 5.32 Å². The van der Waals surface area contributed by atoms with Crippen LogP contribution < -0.4 is 5.32 Å². The molecule has 0 aromatic rings. The van der Waals surface area contributed by atoms with Gasteiger partial charge in [-0.25, -0.2) is 0 Å². The Bertz CT molecular complexity index is 167. The lowest BCUT2D eigenvalue weighted by atomic mass is 10.1. The molecule has 0 bridgehead atoms. The van der Waals surface area contributed by atoms with Crippen LogP contribution in [-0.2, 0) is 0 Å². The van der Waals surface area contributed by atoms with Crippen molar-refractivity contribution in [2.45, 2.75) is 51.7 Å². The maximum atomic E-state index is 3.55. The highest BCUT2D eigenvalue weighted by molar-refractivity contribution is 7.99. The van der Waals surface area contributed by atoms with Gasteiger partial charge in [0, 0.05) is 30.4 Å². The summed E-state index contributed by atoms with van der Waals surface area (Å²) in [5.74, 6) is 2.68. The highest BCUT2D eigenvalue weighted by atomic mass is 32.2. The SMILES string of the molecule is CCC(CNC(C)C)N(C)C1CCSC1. The number of nitrogens with one attached hydrogen (secondary N) is 1. The molecule has 2 atom stereocenters. The number of hydrogen-bond acceptors (Lipinski definition) is 3. The first-order chi connectivity index (χ1) is 7.15. The summed E-state index contributed by atoms with van der Waals surface area (Å²) in [4.78, 5) is 2.59. The smallest absolute Gasteiger partial charge is 0.0218 e. The van der Waals surface area contributed by atoms with E-state index in [9.17, 15) is 0 Å². The zero-order valence-electron chi connectivity index (χ0n) is 10.6. The molecule has 2 nitrogen and oxygen atoms in total. The Balaban J connectivity index is 2.34. The van der Waals surface area contributed by atoms with Crippen molar-refractivity contribution in [1.82, 2.24) is 10.2 Å². The standard InChI is InChI=1S/C12H26N2S/c1-5-11(8-13-10(2)3)14(4)12-6-7-15-9-12/h10-13H,5-9H2,1-4H3. The van der Waals surface area contributed by atoms with E-state index in [0.717, 1.165) is 12.6 Å². The monoisotopic (exact) mass is 230 g/mol. The Labute approximate surface area is 99.2 Å². The Morgan fingerprint density at radius 1 is 1.47 bits per heavy atom. The molecule has 0 radical (unpaired) electrons. The maximum absolute atomic E-state index is 3.55. The van der Waals surface area contributed by atoms with E-state index < -0.39 is 0 Å². The minimum absolute atomic E-state index is 0.602. The van der Waals surface area contributed by atoms with E-state index in [1.807, 2.05) is 0 Å². The van der Waals surface area contributed by atoms with E-state index in [1.54, 1.807) is 0 Å². The minimum Gasteiger partial charge on any atom is -0.313 e. The second-order valence-corrected chi connectivity index (χ2v) is 5.96. The lowest BCUT2D eigenvalue weighted by Gasteiger charge is -2.32. The molecule has 0 aromatic carbocycles. The molecule has 0 amide bonds. The van der Waals surface area contributed by atoms with Crippen molar-refractivity contribution in [3.8, 4) is 0 Å². The van der Waals surface area contributed by atoms with E-state index >= 15 is 0 Å². The van der Waals surface area contributed by atoms with Crippen molar-refractivity contribution in [3.63, 3.8) is 0 Å². The molecule has 1 heterocycles. The van der Waals surface area contributed by atoms with Gasteiger partial charge in [0.05, 0.1) is 0 Å². The molecule has 0 saturated carbocycles.